The van der Waals surface area contributed by atoms with Gasteiger partial charge in [-0.15, -0.1) is 0 Å². The molecule has 0 aliphatic heterocycles. The first-order valence-corrected chi connectivity index (χ1v) is 4.55. The number of hydrogen-bond acceptors (Lipinski definition) is 2. The van der Waals surface area contributed by atoms with E-state index in [0.29, 0.717) is 18.6 Å². The number of aliphatic hydroxyl groups excluding tert-OH is 1. The lowest BCUT2D eigenvalue weighted by molar-refractivity contribution is 0.139. The normalized spacial score (nSPS) is 15.1. The van der Waals surface area contributed by atoms with Crippen LogP contribution in [0.3, 0.4) is 0 Å². The number of aliphatic hydroxyl groups is 1. The largest absolute Gasteiger partial charge is 0.391 e. The van der Waals surface area contributed by atoms with Crippen LogP contribution in [0.25, 0.3) is 0 Å². The van der Waals surface area contributed by atoms with Gasteiger partial charge in [0.1, 0.15) is 5.82 Å². The lowest BCUT2D eigenvalue weighted by Crippen LogP contribution is -2.26. The van der Waals surface area contributed by atoms with E-state index in [4.69, 9.17) is 5.73 Å². The van der Waals surface area contributed by atoms with E-state index in [2.05, 4.69) is 0 Å². The number of halogens is 3. The molecule has 0 aromatic heterocycles. The molecule has 3 N–H and O–H groups in total. The van der Waals surface area contributed by atoms with Crippen LogP contribution in [-0.4, -0.2) is 11.2 Å². The molecular formula is C10H12F3NO. The van der Waals surface area contributed by atoms with Crippen molar-refractivity contribution in [1.29, 1.82) is 0 Å². The van der Waals surface area contributed by atoms with Crippen molar-refractivity contribution in [3.05, 3.63) is 35.1 Å². The van der Waals surface area contributed by atoms with Crippen molar-refractivity contribution in [2.24, 2.45) is 5.73 Å². The van der Waals surface area contributed by atoms with Crippen LogP contribution in [-0.2, 0) is 0 Å². The summed E-state index contributed by atoms with van der Waals surface area (Å²) in [4.78, 5) is 0. The first-order valence-electron chi connectivity index (χ1n) is 4.55. The summed E-state index contributed by atoms with van der Waals surface area (Å²) in [7, 11) is 0. The highest BCUT2D eigenvalue weighted by Crippen LogP contribution is 2.22. The molecule has 1 aromatic rings. The summed E-state index contributed by atoms with van der Waals surface area (Å²) in [6.07, 6.45) is -0.677. The highest BCUT2D eigenvalue weighted by molar-refractivity contribution is 5.24. The molecule has 15 heavy (non-hydrogen) atoms. The fourth-order valence-electron chi connectivity index (χ4n) is 1.25. The minimum absolute atomic E-state index is 0.219. The monoisotopic (exact) mass is 219 g/mol. The summed E-state index contributed by atoms with van der Waals surface area (Å²) in [6.45, 7) is 1.66. The molecule has 0 fully saturated rings. The fourth-order valence-corrected chi connectivity index (χ4v) is 1.25. The van der Waals surface area contributed by atoms with Gasteiger partial charge in [-0.1, -0.05) is 6.92 Å². The van der Waals surface area contributed by atoms with Crippen molar-refractivity contribution < 1.29 is 18.3 Å². The number of benzene rings is 1. The Morgan fingerprint density at radius 2 is 1.73 bits per heavy atom. The van der Waals surface area contributed by atoms with E-state index in [1.54, 1.807) is 6.92 Å². The van der Waals surface area contributed by atoms with Crippen LogP contribution >= 0.6 is 0 Å². The SMILES string of the molecule is CC[C@H](O)[C@H](N)c1cc(F)c(F)cc1F. The van der Waals surface area contributed by atoms with E-state index >= 15 is 0 Å². The van der Waals surface area contributed by atoms with Crippen molar-refractivity contribution in [3.8, 4) is 0 Å². The minimum atomic E-state index is -1.27. The van der Waals surface area contributed by atoms with Crippen LogP contribution in [0.15, 0.2) is 12.1 Å². The van der Waals surface area contributed by atoms with Crippen LogP contribution in [0.2, 0.25) is 0 Å². The Balaban J connectivity index is 3.09. The minimum Gasteiger partial charge on any atom is -0.391 e. The second kappa shape index (κ2) is 4.63. The zero-order valence-electron chi connectivity index (χ0n) is 8.17. The van der Waals surface area contributed by atoms with Crippen molar-refractivity contribution in [3.63, 3.8) is 0 Å². The van der Waals surface area contributed by atoms with Gasteiger partial charge in [-0.2, -0.15) is 0 Å². The Kier molecular flexibility index (Phi) is 3.71. The molecule has 84 valence electrons. The molecule has 0 radical (unpaired) electrons. The molecular weight excluding hydrogens is 207 g/mol. The lowest BCUT2D eigenvalue weighted by Gasteiger charge is -2.18. The Morgan fingerprint density at radius 3 is 2.27 bits per heavy atom. The maximum atomic E-state index is 13.2. The van der Waals surface area contributed by atoms with E-state index in [-0.39, 0.29) is 5.56 Å². The summed E-state index contributed by atoms with van der Waals surface area (Å²) in [5, 5.41) is 9.36. The molecule has 0 amide bonds. The molecule has 1 rings (SSSR count). The fraction of sp³-hybridized carbons (Fsp3) is 0.400. The smallest absolute Gasteiger partial charge is 0.161 e. The first kappa shape index (κ1) is 12.0. The van der Waals surface area contributed by atoms with Gasteiger partial charge in [-0.25, -0.2) is 13.2 Å². The standard InChI is InChI=1S/C10H12F3NO/c1-2-9(15)10(14)5-3-7(12)8(13)4-6(5)11/h3-4,9-10,15H,2,14H2,1H3/t9-,10+/m0/s1. The van der Waals surface area contributed by atoms with Crippen LogP contribution < -0.4 is 5.73 Å². The summed E-state index contributed by atoms with van der Waals surface area (Å²) in [5.74, 6) is -3.39. The van der Waals surface area contributed by atoms with Gasteiger partial charge in [-0.05, 0) is 12.5 Å². The first-order chi connectivity index (χ1) is 6.97. The van der Waals surface area contributed by atoms with E-state index < -0.39 is 29.6 Å². The number of hydrogen-bond donors (Lipinski definition) is 2. The second-order valence-electron chi connectivity index (χ2n) is 3.29. The van der Waals surface area contributed by atoms with Crippen molar-refractivity contribution in [2.45, 2.75) is 25.5 Å². The summed E-state index contributed by atoms with van der Waals surface area (Å²) < 4.78 is 38.6. The predicted octanol–water partition coefficient (Wildman–Crippen LogP) is 1.87. The second-order valence-corrected chi connectivity index (χ2v) is 3.29. The Hall–Kier alpha value is -1.07. The van der Waals surface area contributed by atoms with E-state index in [1.807, 2.05) is 0 Å². The molecule has 1 aromatic carbocycles. The summed E-state index contributed by atoms with van der Waals surface area (Å²) in [5.41, 5.74) is 5.27. The topological polar surface area (TPSA) is 46.2 Å². The predicted molar refractivity (Wildman–Crippen MR) is 49.5 cm³/mol. The van der Waals surface area contributed by atoms with Gasteiger partial charge in [0.05, 0.1) is 12.1 Å². The maximum Gasteiger partial charge on any atom is 0.161 e. The van der Waals surface area contributed by atoms with Gasteiger partial charge in [0, 0.05) is 11.6 Å². The average molecular weight is 219 g/mol. The van der Waals surface area contributed by atoms with Crippen LogP contribution in [0, 0.1) is 17.5 Å². The van der Waals surface area contributed by atoms with Gasteiger partial charge in [0.25, 0.3) is 0 Å². The van der Waals surface area contributed by atoms with Crippen LogP contribution in [0.1, 0.15) is 24.9 Å². The molecule has 0 aliphatic rings. The van der Waals surface area contributed by atoms with Gasteiger partial charge >= 0.3 is 0 Å². The molecule has 0 saturated heterocycles. The number of rotatable bonds is 3. The van der Waals surface area contributed by atoms with Crippen molar-refractivity contribution in [2.75, 3.05) is 0 Å². The summed E-state index contributed by atoms with van der Waals surface area (Å²) >= 11 is 0. The maximum absolute atomic E-state index is 13.2. The van der Waals surface area contributed by atoms with Crippen molar-refractivity contribution in [1.82, 2.24) is 0 Å². The molecule has 0 aliphatic carbocycles. The van der Waals surface area contributed by atoms with E-state index in [1.165, 1.54) is 0 Å². The molecule has 0 bridgehead atoms. The van der Waals surface area contributed by atoms with Crippen molar-refractivity contribution >= 4 is 0 Å². The third kappa shape index (κ3) is 2.49. The Bertz CT molecular complexity index is 357. The van der Waals surface area contributed by atoms with E-state index in [9.17, 15) is 18.3 Å². The quantitative estimate of drug-likeness (QED) is 0.762. The van der Waals surface area contributed by atoms with Crippen LogP contribution in [0.5, 0.6) is 0 Å². The van der Waals surface area contributed by atoms with Gasteiger partial charge < -0.3 is 10.8 Å². The number of nitrogens with two attached hydrogens (primary N) is 1. The molecule has 0 heterocycles. The van der Waals surface area contributed by atoms with E-state index in [0.717, 1.165) is 0 Å². The zero-order valence-corrected chi connectivity index (χ0v) is 8.17. The lowest BCUT2D eigenvalue weighted by atomic mass is 10.00. The van der Waals surface area contributed by atoms with Gasteiger partial charge in [0.15, 0.2) is 11.6 Å². The Labute approximate surface area is 85.5 Å². The molecule has 5 heteroatoms. The molecule has 2 nitrogen and oxygen atoms in total. The van der Waals surface area contributed by atoms with Gasteiger partial charge in [0.2, 0.25) is 0 Å². The molecule has 0 spiro atoms. The molecule has 0 unspecified atom stereocenters. The molecule has 0 saturated carbocycles. The third-order valence-corrected chi connectivity index (χ3v) is 2.23. The van der Waals surface area contributed by atoms with Gasteiger partial charge in [-0.3, -0.25) is 0 Å². The third-order valence-electron chi connectivity index (χ3n) is 2.23. The molecule has 2 atom stereocenters. The summed E-state index contributed by atoms with van der Waals surface area (Å²) in [6, 6.07) is 0.0475. The van der Waals surface area contributed by atoms with Crippen LogP contribution in [0.4, 0.5) is 13.2 Å². The highest BCUT2D eigenvalue weighted by Gasteiger charge is 2.20. The highest BCUT2D eigenvalue weighted by atomic mass is 19.2. The Morgan fingerprint density at radius 1 is 1.20 bits per heavy atom. The average Bonchev–Trinajstić information content (AvgIpc) is 2.21. The zero-order chi connectivity index (χ0) is 11.6.